The van der Waals surface area contributed by atoms with E-state index in [1.165, 1.54) is 14.0 Å². The van der Waals surface area contributed by atoms with Crippen LogP contribution in [0.1, 0.15) is 26.2 Å². The monoisotopic (exact) mass is 247 g/mol. The van der Waals surface area contributed by atoms with Crippen molar-refractivity contribution in [2.24, 2.45) is 0 Å². The van der Waals surface area contributed by atoms with E-state index < -0.39 is 12.0 Å². The van der Waals surface area contributed by atoms with Crippen LogP contribution in [-0.4, -0.2) is 30.9 Å². The first kappa shape index (κ1) is 15.0. The highest BCUT2D eigenvalue weighted by molar-refractivity contribution is 6.17. The number of rotatable bonds is 7. The molecule has 0 aromatic heterocycles. The lowest BCUT2D eigenvalue weighted by atomic mass is 10.2. The van der Waals surface area contributed by atoms with Crippen LogP contribution in [0.3, 0.4) is 0 Å². The molecule has 0 radical (unpaired) electrons. The standard InChI is InChI=1S/C11H18ClNO3/c1-9(14)13-10(11(15)16-2)7-5-3-4-6-8-12/h3,5,10H,4,6-8H2,1-2H3,(H,13,14)/b5-3+/t10-/m0/s1. The molecule has 0 unspecified atom stereocenters. The van der Waals surface area contributed by atoms with Gasteiger partial charge in [-0.3, -0.25) is 4.79 Å². The minimum atomic E-state index is -0.602. The molecule has 0 rings (SSSR count). The number of nitrogens with one attached hydrogen (secondary N) is 1. The molecule has 0 aliphatic carbocycles. The quantitative estimate of drug-likeness (QED) is 0.322. The number of unbranched alkanes of at least 4 members (excludes halogenated alkanes) is 1. The van der Waals surface area contributed by atoms with E-state index in [-0.39, 0.29) is 5.91 Å². The molecule has 0 aliphatic heterocycles. The average molecular weight is 248 g/mol. The SMILES string of the molecule is COC(=O)[C@H](C/C=C/CCCCl)NC(C)=O. The zero-order valence-electron chi connectivity index (χ0n) is 9.66. The van der Waals surface area contributed by atoms with Crippen LogP contribution >= 0.6 is 11.6 Å². The Hall–Kier alpha value is -1.03. The van der Waals surface area contributed by atoms with Gasteiger partial charge in [0, 0.05) is 12.8 Å². The molecule has 5 heteroatoms. The van der Waals surface area contributed by atoms with E-state index in [4.69, 9.17) is 11.6 Å². The van der Waals surface area contributed by atoms with E-state index >= 15 is 0 Å². The third kappa shape index (κ3) is 7.29. The van der Waals surface area contributed by atoms with Crippen molar-refractivity contribution in [3.05, 3.63) is 12.2 Å². The van der Waals surface area contributed by atoms with E-state index in [9.17, 15) is 9.59 Å². The first-order valence-corrected chi connectivity index (χ1v) is 5.71. The number of alkyl halides is 1. The normalized spacial score (nSPS) is 12.4. The highest BCUT2D eigenvalue weighted by Crippen LogP contribution is 2.00. The highest BCUT2D eigenvalue weighted by Gasteiger charge is 2.17. The molecule has 0 aromatic rings. The molecule has 4 nitrogen and oxygen atoms in total. The third-order valence-corrected chi connectivity index (χ3v) is 2.17. The number of hydrogen-bond donors (Lipinski definition) is 1. The van der Waals surface area contributed by atoms with Crippen LogP contribution in [0, 0.1) is 0 Å². The average Bonchev–Trinajstić information content (AvgIpc) is 2.25. The smallest absolute Gasteiger partial charge is 0.328 e. The first-order chi connectivity index (χ1) is 7.61. The van der Waals surface area contributed by atoms with Crippen molar-refractivity contribution in [1.29, 1.82) is 0 Å². The second-order valence-corrected chi connectivity index (χ2v) is 3.69. The van der Waals surface area contributed by atoms with Gasteiger partial charge in [-0.25, -0.2) is 4.79 Å². The fourth-order valence-electron chi connectivity index (χ4n) is 1.15. The molecule has 0 saturated heterocycles. The van der Waals surface area contributed by atoms with Gasteiger partial charge in [0.25, 0.3) is 0 Å². The molecule has 16 heavy (non-hydrogen) atoms. The summed E-state index contributed by atoms with van der Waals surface area (Å²) in [5, 5.41) is 2.53. The van der Waals surface area contributed by atoms with Gasteiger partial charge in [0.15, 0.2) is 0 Å². The molecule has 1 N–H and O–H groups in total. The van der Waals surface area contributed by atoms with E-state index in [0.717, 1.165) is 12.8 Å². The maximum absolute atomic E-state index is 11.3. The summed E-state index contributed by atoms with van der Waals surface area (Å²) < 4.78 is 4.58. The number of ether oxygens (including phenoxy) is 1. The van der Waals surface area contributed by atoms with Crippen LogP contribution in [0.4, 0.5) is 0 Å². The Bertz CT molecular complexity index is 254. The van der Waals surface area contributed by atoms with Gasteiger partial charge >= 0.3 is 5.97 Å². The molecule has 1 atom stereocenters. The Kier molecular flexibility index (Phi) is 8.62. The van der Waals surface area contributed by atoms with Gasteiger partial charge in [-0.1, -0.05) is 12.2 Å². The van der Waals surface area contributed by atoms with E-state index in [0.29, 0.717) is 12.3 Å². The fraction of sp³-hybridized carbons (Fsp3) is 0.636. The molecular formula is C11H18ClNO3. The van der Waals surface area contributed by atoms with Gasteiger partial charge in [-0.15, -0.1) is 11.6 Å². The number of hydrogen-bond acceptors (Lipinski definition) is 3. The number of halogens is 1. The second-order valence-electron chi connectivity index (χ2n) is 3.31. The predicted molar refractivity (Wildman–Crippen MR) is 63.3 cm³/mol. The van der Waals surface area contributed by atoms with Crippen molar-refractivity contribution >= 4 is 23.5 Å². The fourth-order valence-corrected chi connectivity index (χ4v) is 1.30. The van der Waals surface area contributed by atoms with Gasteiger partial charge in [-0.05, 0) is 19.3 Å². The summed E-state index contributed by atoms with van der Waals surface area (Å²) in [6.07, 6.45) is 6.01. The molecule has 0 spiro atoms. The Labute approximate surface area is 101 Å². The molecule has 1 amide bonds. The molecule has 0 saturated carbocycles. The van der Waals surface area contributed by atoms with Crippen molar-refractivity contribution in [2.75, 3.05) is 13.0 Å². The summed E-state index contributed by atoms with van der Waals surface area (Å²) in [5.41, 5.74) is 0. The lowest BCUT2D eigenvalue weighted by molar-refractivity contribution is -0.144. The minimum absolute atomic E-state index is 0.246. The Balaban J connectivity index is 4.06. The van der Waals surface area contributed by atoms with Crippen LogP contribution in [0.2, 0.25) is 0 Å². The molecule has 92 valence electrons. The van der Waals surface area contributed by atoms with Crippen molar-refractivity contribution in [3.8, 4) is 0 Å². The Morgan fingerprint density at radius 3 is 2.62 bits per heavy atom. The molecule has 0 heterocycles. The number of carbonyl (C=O) groups excluding carboxylic acids is 2. The Morgan fingerprint density at radius 2 is 2.12 bits per heavy atom. The number of allylic oxidation sites excluding steroid dienone is 1. The molecule has 0 fully saturated rings. The molecule has 0 bridgehead atoms. The van der Waals surface area contributed by atoms with Crippen molar-refractivity contribution < 1.29 is 14.3 Å². The summed E-state index contributed by atoms with van der Waals surface area (Å²) in [4.78, 5) is 22.1. The summed E-state index contributed by atoms with van der Waals surface area (Å²) in [6, 6.07) is -0.602. The summed E-state index contributed by atoms with van der Waals surface area (Å²) in [6.45, 7) is 1.37. The third-order valence-electron chi connectivity index (χ3n) is 1.91. The van der Waals surface area contributed by atoms with Crippen LogP contribution in [-0.2, 0) is 14.3 Å². The van der Waals surface area contributed by atoms with Gasteiger partial charge in [0.2, 0.25) is 5.91 Å². The highest BCUT2D eigenvalue weighted by atomic mass is 35.5. The molecule has 0 aliphatic rings. The lowest BCUT2D eigenvalue weighted by Gasteiger charge is -2.12. The van der Waals surface area contributed by atoms with Crippen LogP contribution < -0.4 is 5.32 Å². The van der Waals surface area contributed by atoms with Gasteiger partial charge < -0.3 is 10.1 Å². The lowest BCUT2D eigenvalue weighted by Crippen LogP contribution is -2.39. The summed E-state index contributed by atoms with van der Waals surface area (Å²) in [7, 11) is 1.30. The minimum Gasteiger partial charge on any atom is -0.467 e. The van der Waals surface area contributed by atoms with E-state index in [2.05, 4.69) is 10.1 Å². The number of esters is 1. The molecule has 0 aromatic carbocycles. The second kappa shape index (κ2) is 9.21. The van der Waals surface area contributed by atoms with Crippen molar-refractivity contribution in [1.82, 2.24) is 5.32 Å². The largest absolute Gasteiger partial charge is 0.467 e. The first-order valence-electron chi connectivity index (χ1n) is 5.17. The molecular weight excluding hydrogens is 230 g/mol. The van der Waals surface area contributed by atoms with Gasteiger partial charge in [0.1, 0.15) is 6.04 Å². The van der Waals surface area contributed by atoms with Crippen LogP contribution in [0.25, 0.3) is 0 Å². The van der Waals surface area contributed by atoms with Gasteiger partial charge in [-0.2, -0.15) is 0 Å². The van der Waals surface area contributed by atoms with E-state index in [1.54, 1.807) is 0 Å². The topological polar surface area (TPSA) is 55.4 Å². The van der Waals surface area contributed by atoms with E-state index in [1.807, 2.05) is 12.2 Å². The predicted octanol–water partition coefficient (Wildman–Crippen LogP) is 1.63. The zero-order valence-corrected chi connectivity index (χ0v) is 10.4. The van der Waals surface area contributed by atoms with Crippen LogP contribution in [0.15, 0.2) is 12.2 Å². The Morgan fingerprint density at radius 1 is 1.44 bits per heavy atom. The summed E-state index contributed by atoms with van der Waals surface area (Å²) in [5.74, 6) is -0.0574. The zero-order chi connectivity index (χ0) is 12.4. The van der Waals surface area contributed by atoms with Crippen molar-refractivity contribution in [2.45, 2.75) is 32.2 Å². The van der Waals surface area contributed by atoms with Crippen molar-refractivity contribution in [3.63, 3.8) is 0 Å². The summed E-state index contributed by atoms with van der Waals surface area (Å²) >= 11 is 5.52. The maximum Gasteiger partial charge on any atom is 0.328 e. The number of amides is 1. The number of carbonyl (C=O) groups is 2. The van der Waals surface area contributed by atoms with Crippen LogP contribution in [0.5, 0.6) is 0 Å². The van der Waals surface area contributed by atoms with Gasteiger partial charge in [0.05, 0.1) is 7.11 Å². The number of methoxy groups -OCH3 is 1. The maximum atomic E-state index is 11.3.